The molecular formula is C16H17N5O2. The van der Waals surface area contributed by atoms with Gasteiger partial charge >= 0.3 is 0 Å². The molecule has 2 fully saturated rings. The van der Waals surface area contributed by atoms with E-state index in [-0.39, 0.29) is 5.69 Å². The van der Waals surface area contributed by atoms with Crippen molar-refractivity contribution in [3.63, 3.8) is 0 Å². The van der Waals surface area contributed by atoms with Crippen molar-refractivity contribution < 1.29 is 4.92 Å². The molecule has 1 aromatic carbocycles. The minimum Gasteiger partial charge on any atom is -0.354 e. The van der Waals surface area contributed by atoms with E-state index in [1.165, 1.54) is 12.1 Å². The van der Waals surface area contributed by atoms with Crippen molar-refractivity contribution in [1.82, 2.24) is 15.5 Å². The number of hydrogen-bond acceptors (Lipinski definition) is 6. The average molecular weight is 311 g/mol. The normalized spacial score (nSPS) is 23.0. The van der Waals surface area contributed by atoms with Crippen LogP contribution in [0.25, 0.3) is 11.3 Å². The fraction of sp³-hybridized carbons (Fsp3) is 0.375. The molecule has 7 nitrogen and oxygen atoms in total. The molecule has 0 amide bonds. The molecule has 2 atom stereocenters. The average Bonchev–Trinajstić information content (AvgIpc) is 3.17. The number of nitro benzene ring substituents is 1. The van der Waals surface area contributed by atoms with Gasteiger partial charge in [-0.2, -0.15) is 0 Å². The van der Waals surface area contributed by atoms with Gasteiger partial charge in [-0.3, -0.25) is 10.1 Å². The van der Waals surface area contributed by atoms with Crippen LogP contribution in [-0.2, 0) is 0 Å². The molecule has 3 heterocycles. The number of hydrogen-bond donors (Lipinski definition) is 1. The van der Waals surface area contributed by atoms with Crippen molar-refractivity contribution in [3.05, 3.63) is 46.5 Å². The van der Waals surface area contributed by atoms with Crippen LogP contribution in [0.2, 0.25) is 0 Å². The van der Waals surface area contributed by atoms with Crippen LogP contribution in [0.4, 0.5) is 11.5 Å². The van der Waals surface area contributed by atoms with Crippen molar-refractivity contribution >= 4 is 11.5 Å². The standard InChI is InChI=1S/C16H17N5O2/c22-21(23)14-3-1-2-11(6-14)15-4-5-16(19-18-15)20-9-12-7-17-8-13(12)10-20/h1-6,12-13,17H,7-10H2. The van der Waals surface area contributed by atoms with Crippen LogP contribution < -0.4 is 10.2 Å². The molecule has 118 valence electrons. The van der Waals surface area contributed by atoms with Crippen molar-refractivity contribution in [2.45, 2.75) is 0 Å². The Labute approximate surface area is 133 Å². The first kappa shape index (κ1) is 14.1. The highest BCUT2D eigenvalue weighted by molar-refractivity contribution is 5.63. The molecule has 0 aliphatic carbocycles. The van der Waals surface area contributed by atoms with Gasteiger partial charge in [-0.1, -0.05) is 12.1 Å². The van der Waals surface area contributed by atoms with Gasteiger partial charge in [0.05, 0.1) is 10.6 Å². The summed E-state index contributed by atoms with van der Waals surface area (Å²) in [5, 5.41) is 22.9. The van der Waals surface area contributed by atoms with E-state index >= 15 is 0 Å². The Morgan fingerprint density at radius 2 is 1.91 bits per heavy atom. The fourth-order valence-electron chi connectivity index (χ4n) is 3.47. The van der Waals surface area contributed by atoms with Gasteiger partial charge < -0.3 is 10.2 Å². The van der Waals surface area contributed by atoms with Gasteiger partial charge in [0.25, 0.3) is 5.69 Å². The summed E-state index contributed by atoms with van der Waals surface area (Å²) in [5.74, 6) is 2.29. The fourth-order valence-corrected chi connectivity index (χ4v) is 3.47. The topological polar surface area (TPSA) is 84.2 Å². The first-order valence-electron chi connectivity index (χ1n) is 7.75. The van der Waals surface area contributed by atoms with Gasteiger partial charge in [0.15, 0.2) is 5.82 Å². The molecule has 0 spiro atoms. The molecule has 2 unspecified atom stereocenters. The Balaban J connectivity index is 1.54. The first-order chi connectivity index (χ1) is 11.2. The number of aromatic nitrogens is 2. The summed E-state index contributed by atoms with van der Waals surface area (Å²) < 4.78 is 0. The molecule has 0 bridgehead atoms. The predicted molar refractivity (Wildman–Crippen MR) is 86.2 cm³/mol. The Kier molecular flexibility index (Phi) is 3.42. The number of rotatable bonds is 3. The number of non-ortho nitro benzene ring substituents is 1. The number of benzene rings is 1. The van der Waals surface area contributed by atoms with Gasteiger partial charge in [0, 0.05) is 43.9 Å². The lowest BCUT2D eigenvalue weighted by atomic mass is 10.0. The number of anilines is 1. The SMILES string of the molecule is O=[N+]([O-])c1cccc(-c2ccc(N3CC4CNCC4C3)nn2)c1. The second-order valence-corrected chi connectivity index (χ2v) is 6.17. The van der Waals surface area contributed by atoms with E-state index in [1.807, 2.05) is 18.2 Å². The third-order valence-electron chi connectivity index (χ3n) is 4.72. The van der Waals surface area contributed by atoms with E-state index in [2.05, 4.69) is 20.4 Å². The van der Waals surface area contributed by atoms with Gasteiger partial charge in [-0.15, -0.1) is 10.2 Å². The zero-order valence-electron chi connectivity index (χ0n) is 12.6. The van der Waals surface area contributed by atoms with Gasteiger partial charge in [0.1, 0.15) is 0 Å². The highest BCUT2D eigenvalue weighted by atomic mass is 16.6. The van der Waals surface area contributed by atoms with Crippen LogP contribution in [0.1, 0.15) is 0 Å². The van der Waals surface area contributed by atoms with Crippen molar-refractivity contribution in [3.8, 4) is 11.3 Å². The summed E-state index contributed by atoms with van der Waals surface area (Å²) in [6.07, 6.45) is 0. The summed E-state index contributed by atoms with van der Waals surface area (Å²) in [7, 11) is 0. The van der Waals surface area contributed by atoms with Gasteiger partial charge in [-0.25, -0.2) is 0 Å². The zero-order chi connectivity index (χ0) is 15.8. The van der Waals surface area contributed by atoms with E-state index in [0.29, 0.717) is 23.1 Å². The minimum atomic E-state index is -0.400. The number of nitrogens with one attached hydrogen (secondary N) is 1. The summed E-state index contributed by atoms with van der Waals surface area (Å²) in [6.45, 7) is 4.20. The second kappa shape index (κ2) is 5.58. The Morgan fingerprint density at radius 1 is 1.13 bits per heavy atom. The Hall–Kier alpha value is -2.54. The maximum atomic E-state index is 10.9. The Morgan fingerprint density at radius 3 is 2.57 bits per heavy atom. The molecule has 1 N–H and O–H groups in total. The van der Waals surface area contributed by atoms with E-state index in [1.54, 1.807) is 6.07 Å². The van der Waals surface area contributed by atoms with E-state index in [4.69, 9.17) is 0 Å². The first-order valence-corrected chi connectivity index (χ1v) is 7.75. The van der Waals surface area contributed by atoms with Crippen molar-refractivity contribution in [1.29, 1.82) is 0 Å². The maximum Gasteiger partial charge on any atom is 0.270 e. The molecular weight excluding hydrogens is 294 g/mol. The summed E-state index contributed by atoms with van der Waals surface area (Å²) >= 11 is 0. The van der Waals surface area contributed by atoms with Crippen molar-refractivity contribution in [2.24, 2.45) is 11.8 Å². The number of nitro groups is 1. The number of fused-ring (bicyclic) bond motifs is 1. The zero-order valence-corrected chi connectivity index (χ0v) is 12.6. The summed E-state index contributed by atoms with van der Waals surface area (Å²) in [5.41, 5.74) is 1.42. The van der Waals surface area contributed by atoms with Crippen molar-refractivity contribution in [2.75, 3.05) is 31.1 Å². The van der Waals surface area contributed by atoms with E-state index in [9.17, 15) is 10.1 Å². The van der Waals surface area contributed by atoms with Gasteiger partial charge in [0.2, 0.25) is 0 Å². The molecule has 2 aromatic rings. The van der Waals surface area contributed by atoms with Crippen LogP contribution in [0.3, 0.4) is 0 Å². The molecule has 23 heavy (non-hydrogen) atoms. The molecule has 0 saturated carbocycles. The minimum absolute atomic E-state index is 0.0632. The van der Waals surface area contributed by atoms with Gasteiger partial charge in [-0.05, 0) is 24.0 Å². The second-order valence-electron chi connectivity index (χ2n) is 6.17. The molecule has 2 aliphatic rings. The van der Waals surface area contributed by atoms with E-state index in [0.717, 1.165) is 32.0 Å². The van der Waals surface area contributed by atoms with Crippen LogP contribution in [0.5, 0.6) is 0 Å². The lowest BCUT2D eigenvalue weighted by Gasteiger charge is -2.17. The molecule has 2 aliphatic heterocycles. The Bertz CT molecular complexity index is 722. The van der Waals surface area contributed by atoms with E-state index < -0.39 is 4.92 Å². The highest BCUT2D eigenvalue weighted by Gasteiger charge is 2.36. The third kappa shape index (κ3) is 2.63. The van der Waals surface area contributed by atoms with Crippen LogP contribution in [-0.4, -0.2) is 41.3 Å². The molecule has 0 radical (unpaired) electrons. The monoisotopic (exact) mass is 311 g/mol. The van der Waals surface area contributed by atoms with Crippen LogP contribution in [0.15, 0.2) is 36.4 Å². The highest BCUT2D eigenvalue weighted by Crippen LogP contribution is 2.30. The lowest BCUT2D eigenvalue weighted by Crippen LogP contribution is -2.26. The number of nitrogens with zero attached hydrogens (tertiary/aromatic N) is 4. The third-order valence-corrected chi connectivity index (χ3v) is 4.72. The summed E-state index contributed by atoms with van der Waals surface area (Å²) in [6, 6.07) is 10.3. The molecule has 7 heteroatoms. The van der Waals surface area contributed by atoms with Crippen LogP contribution in [0, 0.1) is 22.0 Å². The lowest BCUT2D eigenvalue weighted by molar-refractivity contribution is -0.384. The molecule has 4 rings (SSSR count). The maximum absolute atomic E-state index is 10.9. The van der Waals surface area contributed by atoms with Crippen LogP contribution >= 0.6 is 0 Å². The molecule has 2 saturated heterocycles. The quantitative estimate of drug-likeness (QED) is 0.686. The smallest absolute Gasteiger partial charge is 0.270 e. The largest absolute Gasteiger partial charge is 0.354 e. The summed E-state index contributed by atoms with van der Waals surface area (Å²) in [4.78, 5) is 12.7. The predicted octanol–water partition coefficient (Wildman–Crippen LogP) is 1.71. The molecule has 1 aromatic heterocycles.